The third-order valence-electron chi connectivity index (χ3n) is 15.1. The van der Waals surface area contributed by atoms with E-state index in [1.54, 1.807) is 0 Å². The molecule has 0 amide bonds. The van der Waals surface area contributed by atoms with Gasteiger partial charge in [-0.3, -0.25) is 14.4 Å². The van der Waals surface area contributed by atoms with E-state index in [2.05, 4.69) is 57.2 Å². The predicted octanol–water partition coefficient (Wildman–Crippen LogP) is 22.8. The van der Waals surface area contributed by atoms with Crippen molar-refractivity contribution in [3.8, 4) is 0 Å². The van der Waals surface area contributed by atoms with Crippen molar-refractivity contribution in [2.24, 2.45) is 0 Å². The van der Waals surface area contributed by atoms with E-state index in [1.165, 1.54) is 257 Å². The molecule has 0 heterocycles. The van der Waals surface area contributed by atoms with Crippen molar-refractivity contribution in [3.05, 3.63) is 36.5 Å². The zero-order valence-electron chi connectivity index (χ0n) is 50.6. The van der Waals surface area contributed by atoms with E-state index in [9.17, 15) is 14.4 Å². The maximum atomic E-state index is 12.8. The van der Waals surface area contributed by atoms with Crippen molar-refractivity contribution >= 4 is 17.9 Å². The molecule has 6 heteroatoms. The fourth-order valence-corrected chi connectivity index (χ4v) is 10.1. The van der Waals surface area contributed by atoms with Crippen LogP contribution in [-0.4, -0.2) is 37.2 Å². The van der Waals surface area contributed by atoms with Crippen molar-refractivity contribution in [1.29, 1.82) is 0 Å². The van der Waals surface area contributed by atoms with Gasteiger partial charge in [-0.05, 0) is 77.0 Å². The number of allylic oxidation sites excluding steroid dienone is 6. The minimum Gasteiger partial charge on any atom is -0.462 e. The summed E-state index contributed by atoms with van der Waals surface area (Å²) in [4.78, 5) is 38.1. The zero-order valence-corrected chi connectivity index (χ0v) is 50.6. The molecule has 75 heavy (non-hydrogen) atoms. The zero-order chi connectivity index (χ0) is 54.3. The smallest absolute Gasteiger partial charge is 0.306 e. The highest BCUT2D eigenvalue weighted by Gasteiger charge is 2.19. The second-order valence-corrected chi connectivity index (χ2v) is 22.7. The van der Waals surface area contributed by atoms with Gasteiger partial charge in [-0.25, -0.2) is 0 Å². The molecule has 0 aliphatic heterocycles. The third kappa shape index (κ3) is 62.4. The topological polar surface area (TPSA) is 78.9 Å². The van der Waals surface area contributed by atoms with Gasteiger partial charge in [-0.15, -0.1) is 0 Å². The van der Waals surface area contributed by atoms with Gasteiger partial charge in [0.15, 0.2) is 6.10 Å². The molecule has 0 aromatic carbocycles. The molecule has 0 radical (unpaired) electrons. The molecule has 0 fully saturated rings. The second kappa shape index (κ2) is 64.2. The van der Waals surface area contributed by atoms with E-state index < -0.39 is 6.10 Å². The first-order chi connectivity index (χ1) is 37.0. The second-order valence-electron chi connectivity index (χ2n) is 22.7. The lowest BCUT2D eigenvalue weighted by Crippen LogP contribution is -2.30. The van der Waals surface area contributed by atoms with Crippen molar-refractivity contribution in [3.63, 3.8) is 0 Å². The summed E-state index contributed by atoms with van der Waals surface area (Å²) in [7, 11) is 0. The average molecular weight is 1050 g/mol. The molecule has 0 spiro atoms. The lowest BCUT2D eigenvalue weighted by atomic mass is 10.0. The molecular formula is C69H128O6. The van der Waals surface area contributed by atoms with Crippen molar-refractivity contribution in [2.45, 2.75) is 374 Å². The Morgan fingerprint density at radius 3 is 0.773 bits per heavy atom. The first-order valence-electron chi connectivity index (χ1n) is 33.5. The van der Waals surface area contributed by atoms with Gasteiger partial charge in [0, 0.05) is 19.3 Å². The number of hydrogen-bond donors (Lipinski definition) is 0. The van der Waals surface area contributed by atoms with Gasteiger partial charge >= 0.3 is 17.9 Å². The molecule has 0 rings (SSSR count). The van der Waals surface area contributed by atoms with Gasteiger partial charge in [0.1, 0.15) is 13.2 Å². The molecule has 6 nitrogen and oxygen atoms in total. The Bertz CT molecular complexity index is 1250. The largest absolute Gasteiger partial charge is 0.462 e. The van der Waals surface area contributed by atoms with Crippen LogP contribution in [0.3, 0.4) is 0 Å². The highest BCUT2D eigenvalue weighted by molar-refractivity contribution is 5.71. The van der Waals surface area contributed by atoms with Crippen LogP contribution < -0.4 is 0 Å². The van der Waals surface area contributed by atoms with Crippen LogP contribution >= 0.6 is 0 Å². The van der Waals surface area contributed by atoms with E-state index in [0.29, 0.717) is 19.3 Å². The summed E-state index contributed by atoms with van der Waals surface area (Å²) in [6.07, 6.45) is 79.1. The van der Waals surface area contributed by atoms with Gasteiger partial charge in [0.25, 0.3) is 0 Å². The maximum Gasteiger partial charge on any atom is 0.306 e. The van der Waals surface area contributed by atoms with Crippen LogP contribution in [0.5, 0.6) is 0 Å². The van der Waals surface area contributed by atoms with Crippen LogP contribution in [-0.2, 0) is 28.6 Å². The fraction of sp³-hybridized carbons (Fsp3) is 0.870. The first kappa shape index (κ1) is 72.6. The lowest BCUT2D eigenvalue weighted by Gasteiger charge is -2.18. The summed E-state index contributed by atoms with van der Waals surface area (Å²) in [5.41, 5.74) is 0. The molecule has 0 saturated carbocycles. The summed E-state index contributed by atoms with van der Waals surface area (Å²) in [6.45, 7) is 6.63. The summed E-state index contributed by atoms with van der Waals surface area (Å²) >= 11 is 0. The molecule has 1 unspecified atom stereocenters. The molecular weight excluding hydrogens is 925 g/mol. The minimum atomic E-state index is -0.770. The maximum absolute atomic E-state index is 12.8. The molecule has 0 aromatic rings. The SMILES string of the molecule is CCCCC/C=C\CCCCCCCC(=O)OC(COC(=O)CCCCCCCCCCCC)COC(=O)CCCCCCCCCCCCCCCCCCCCCCCCC/C=C\C/C=C\CCCCCCC. The normalized spacial score (nSPS) is 12.2. The molecule has 1 atom stereocenters. The molecule has 440 valence electrons. The van der Waals surface area contributed by atoms with Crippen LogP contribution in [0, 0.1) is 0 Å². The highest BCUT2D eigenvalue weighted by atomic mass is 16.6. The summed E-state index contributed by atoms with van der Waals surface area (Å²) in [5, 5.41) is 0. The van der Waals surface area contributed by atoms with E-state index in [0.717, 1.165) is 70.6 Å². The van der Waals surface area contributed by atoms with Gasteiger partial charge in [-0.2, -0.15) is 0 Å². The molecule has 0 N–H and O–H groups in total. The summed E-state index contributed by atoms with van der Waals surface area (Å²) < 4.78 is 16.9. The molecule has 0 bridgehead atoms. The van der Waals surface area contributed by atoms with Gasteiger partial charge in [0.05, 0.1) is 0 Å². The number of esters is 3. The first-order valence-corrected chi connectivity index (χ1v) is 33.5. The van der Waals surface area contributed by atoms with E-state index in [1.807, 2.05) is 0 Å². The van der Waals surface area contributed by atoms with Crippen LogP contribution in [0.4, 0.5) is 0 Å². The Labute approximate surface area is 467 Å². The molecule has 0 aromatic heterocycles. The number of hydrogen-bond acceptors (Lipinski definition) is 6. The standard InChI is InChI=1S/C69H128O6/c1-4-7-10-13-16-19-22-24-25-26-27-28-29-30-31-32-33-34-35-36-37-38-39-40-41-42-43-44-45-46-48-50-53-56-59-62-68(71)74-65-66(64-73-67(70)61-58-55-52-49-21-18-15-12-9-6-3)75-69(72)63-60-57-54-51-47-23-20-17-14-11-8-5-2/h17,20,22,24,26-27,66H,4-16,18-19,21,23,25,28-65H2,1-3H3/b20-17-,24-22-,27-26-. The van der Waals surface area contributed by atoms with E-state index in [-0.39, 0.29) is 31.1 Å². The van der Waals surface area contributed by atoms with Crippen molar-refractivity contribution in [1.82, 2.24) is 0 Å². The number of carbonyl (C=O) groups excluding carboxylic acids is 3. The summed E-state index contributed by atoms with van der Waals surface area (Å²) in [6, 6.07) is 0. The molecule has 0 aliphatic rings. The summed E-state index contributed by atoms with van der Waals surface area (Å²) in [5.74, 6) is -0.860. The van der Waals surface area contributed by atoms with E-state index in [4.69, 9.17) is 14.2 Å². The Morgan fingerprint density at radius 2 is 0.480 bits per heavy atom. The van der Waals surface area contributed by atoms with Crippen LogP contribution in [0.1, 0.15) is 367 Å². The van der Waals surface area contributed by atoms with Gasteiger partial charge in [0.2, 0.25) is 0 Å². The number of ether oxygens (including phenoxy) is 3. The van der Waals surface area contributed by atoms with Gasteiger partial charge < -0.3 is 14.2 Å². The quantitative estimate of drug-likeness (QED) is 0.0261. The number of carbonyl (C=O) groups is 3. The van der Waals surface area contributed by atoms with E-state index >= 15 is 0 Å². The van der Waals surface area contributed by atoms with Gasteiger partial charge in [-0.1, -0.05) is 308 Å². The van der Waals surface area contributed by atoms with Crippen molar-refractivity contribution < 1.29 is 28.6 Å². The minimum absolute atomic E-state index is 0.0698. The van der Waals surface area contributed by atoms with Crippen LogP contribution in [0.25, 0.3) is 0 Å². The number of unbranched alkanes of at least 4 members (excludes halogenated alkanes) is 45. The highest BCUT2D eigenvalue weighted by Crippen LogP contribution is 2.18. The average Bonchev–Trinajstić information content (AvgIpc) is 3.41. The third-order valence-corrected chi connectivity index (χ3v) is 15.1. The Kier molecular flexibility index (Phi) is 62.1. The predicted molar refractivity (Wildman–Crippen MR) is 326 cm³/mol. The van der Waals surface area contributed by atoms with Crippen LogP contribution in [0.2, 0.25) is 0 Å². The Morgan fingerprint density at radius 1 is 0.267 bits per heavy atom. The number of rotatable bonds is 62. The monoisotopic (exact) mass is 1050 g/mol. The van der Waals surface area contributed by atoms with Crippen LogP contribution in [0.15, 0.2) is 36.5 Å². The molecule has 0 aliphatic carbocycles. The lowest BCUT2D eigenvalue weighted by molar-refractivity contribution is -0.167. The molecule has 0 saturated heterocycles. The van der Waals surface area contributed by atoms with Crippen molar-refractivity contribution in [2.75, 3.05) is 13.2 Å². The Hall–Kier alpha value is -2.37. The Balaban J connectivity index is 3.94. The fourth-order valence-electron chi connectivity index (χ4n) is 10.1.